The van der Waals surface area contributed by atoms with E-state index in [-0.39, 0.29) is 0 Å². The third kappa shape index (κ3) is 5.65. The average Bonchev–Trinajstić information content (AvgIpc) is 3.24. The minimum atomic E-state index is -4.59. The Bertz CT molecular complexity index is 1310. The summed E-state index contributed by atoms with van der Waals surface area (Å²) in [5.41, 5.74) is 4.39. The molecule has 0 radical (unpaired) electrons. The molecular weight excluding hydrogens is 493 g/mol. The van der Waals surface area contributed by atoms with Gasteiger partial charge in [-0.25, -0.2) is 0 Å². The molecule has 0 amide bonds. The van der Waals surface area contributed by atoms with Crippen molar-refractivity contribution < 1.29 is 27.8 Å². The molecule has 1 aliphatic rings. The highest BCUT2D eigenvalue weighted by molar-refractivity contribution is 6.33. The van der Waals surface area contributed by atoms with Crippen molar-refractivity contribution in [1.82, 2.24) is 0 Å². The Morgan fingerprint density at radius 3 is 2.39 bits per heavy atom. The molecule has 4 rings (SSSR count). The highest BCUT2D eigenvalue weighted by atomic mass is 35.5. The van der Waals surface area contributed by atoms with Gasteiger partial charge >= 0.3 is 12.1 Å². The summed E-state index contributed by atoms with van der Waals surface area (Å²) in [6.07, 6.45) is -4.87. The van der Waals surface area contributed by atoms with Gasteiger partial charge in [-0.05, 0) is 65.9 Å². The van der Waals surface area contributed by atoms with Gasteiger partial charge in [-0.3, -0.25) is 9.80 Å². The highest BCUT2D eigenvalue weighted by Crippen LogP contribution is 2.35. The number of hydrazone groups is 1. The largest absolute Gasteiger partial charge is 0.497 e. The van der Waals surface area contributed by atoms with Gasteiger partial charge in [0.2, 0.25) is 0 Å². The van der Waals surface area contributed by atoms with Crippen molar-refractivity contribution in [2.24, 2.45) is 5.10 Å². The Morgan fingerprint density at radius 2 is 1.78 bits per heavy atom. The zero-order valence-corrected chi connectivity index (χ0v) is 20.4. The third-order valence-electron chi connectivity index (χ3n) is 6.10. The number of benzene rings is 3. The highest BCUT2D eigenvalue weighted by Gasteiger charge is 2.43. The van der Waals surface area contributed by atoms with Gasteiger partial charge in [0.15, 0.2) is 0 Å². The second-order valence-electron chi connectivity index (χ2n) is 8.68. The van der Waals surface area contributed by atoms with E-state index in [1.54, 1.807) is 31.4 Å². The van der Waals surface area contributed by atoms with Gasteiger partial charge in [-0.15, -0.1) is 0 Å². The van der Waals surface area contributed by atoms with Crippen LogP contribution in [0.2, 0.25) is 5.02 Å². The number of carboxylic acids is 1. The normalized spacial score (nSPS) is 15.7. The minimum absolute atomic E-state index is 0.420. The van der Waals surface area contributed by atoms with Crippen molar-refractivity contribution in [1.29, 1.82) is 0 Å². The number of anilines is 1. The smallest absolute Gasteiger partial charge is 0.431 e. The molecule has 3 aromatic rings. The van der Waals surface area contributed by atoms with Crippen LogP contribution in [0.1, 0.15) is 29.5 Å². The molecule has 1 aliphatic heterocycles. The number of methoxy groups -OCH3 is 1. The molecule has 5 nitrogen and oxygen atoms in total. The van der Waals surface area contributed by atoms with Crippen LogP contribution < -0.4 is 9.75 Å². The van der Waals surface area contributed by atoms with Gasteiger partial charge in [0.1, 0.15) is 11.5 Å². The molecule has 188 valence electrons. The average molecular weight is 517 g/mol. The van der Waals surface area contributed by atoms with Crippen LogP contribution in [-0.4, -0.2) is 36.1 Å². The molecule has 1 atom stereocenters. The van der Waals surface area contributed by atoms with Crippen molar-refractivity contribution in [3.63, 3.8) is 0 Å². The first-order valence-electron chi connectivity index (χ1n) is 11.2. The molecule has 36 heavy (non-hydrogen) atoms. The molecule has 9 heteroatoms. The molecule has 0 aromatic heterocycles. The first-order chi connectivity index (χ1) is 17.0. The van der Waals surface area contributed by atoms with Crippen LogP contribution in [-0.2, 0) is 11.2 Å². The van der Waals surface area contributed by atoms with Crippen LogP contribution in [0.25, 0.3) is 11.1 Å². The molecule has 0 fully saturated rings. The second kappa shape index (κ2) is 10.2. The molecule has 0 saturated heterocycles. The van der Waals surface area contributed by atoms with Crippen LogP contribution in [0, 0.1) is 6.92 Å². The molecule has 0 saturated carbocycles. The SMILES string of the molecule is COc1ccc(Cl)c(-c2ccc(Cc3ccc(N4N=C(C(F)(F)F)CC4CC(=O)O)cc3)cc2C)c1. The number of aliphatic carboxylic acids is 1. The van der Waals surface area contributed by atoms with E-state index in [2.05, 4.69) is 11.2 Å². The zero-order chi connectivity index (χ0) is 26.0. The monoisotopic (exact) mass is 516 g/mol. The number of halogens is 4. The lowest BCUT2D eigenvalue weighted by molar-refractivity contribution is -0.137. The fraction of sp³-hybridized carbons (Fsp3) is 0.259. The Labute approximate surface area is 211 Å². The summed E-state index contributed by atoms with van der Waals surface area (Å²) in [7, 11) is 1.60. The number of ether oxygens (including phenoxy) is 1. The van der Waals surface area contributed by atoms with Crippen molar-refractivity contribution in [3.05, 3.63) is 82.4 Å². The van der Waals surface area contributed by atoms with E-state index >= 15 is 0 Å². The topological polar surface area (TPSA) is 62.1 Å². The lowest BCUT2D eigenvalue weighted by Crippen LogP contribution is -2.29. The molecule has 0 spiro atoms. The lowest BCUT2D eigenvalue weighted by atomic mass is 9.95. The fourth-order valence-electron chi connectivity index (χ4n) is 4.34. The Hall–Kier alpha value is -3.52. The van der Waals surface area contributed by atoms with E-state index in [0.29, 0.717) is 22.9 Å². The maximum Gasteiger partial charge on any atom is 0.431 e. The summed E-state index contributed by atoms with van der Waals surface area (Å²) in [5, 5.41) is 14.6. The number of hydrogen-bond donors (Lipinski definition) is 1. The summed E-state index contributed by atoms with van der Waals surface area (Å²) < 4.78 is 44.8. The van der Waals surface area contributed by atoms with Crippen LogP contribution in [0.5, 0.6) is 5.75 Å². The summed E-state index contributed by atoms with van der Waals surface area (Å²) in [6, 6.07) is 17.7. The number of nitrogens with zero attached hydrogens (tertiary/aromatic N) is 2. The molecule has 1 N–H and O–H groups in total. The van der Waals surface area contributed by atoms with E-state index in [4.69, 9.17) is 21.4 Å². The number of rotatable bonds is 7. The van der Waals surface area contributed by atoms with Crippen molar-refractivity contribution in [2.45, 2.75) is 38.4 Å². The maximum atomic E-state index is 13.2. The van der Waals surface area contributed by atoms with Crippen molar-refractivity contribution in [2.75, 3.05) is 12.1 Å². The maximum absolute atomic E-state index is 13.2. The van der Waals surface area contributed by atoms with Crippen molar-refractivity contribution >= 4 is 29.0 Å². The Kier molecular flexibility index (Phi) is 7.26. The molecule has 0 bridgehead atoms. The van der Waals surface area contributed by atoms with Crippen LogP contribution in [0.3, 0.4) is 0 Å². The van der Waals surface area contributed by atoms with E-state index < -0.39 is 36.7 Å². The van der Waals surface area contributed by atoms with Crippen LogP contribution in [0.15, 0.2) is 65.8 Å². The molecular formula is C27H24ClF3N2O3. The molecule has 1 heterocycles. The summed E-state index contributed by atoms with van der Waals surface area (Å²) in [5.74, 6) is -0.456. The Morgan fingerprint density at radius 1 is 1.08 bits per heavy atom. The molecule has 0 aliphatic carbocycles. The Balaban J connectivity index is 1.53. The zero-order valence-electron chi connectivity index (χ0n) is 19.6. The van der Waals surface area contributed by atoms with Gasteiger partial charge in [0.25, 0.3) is 0 Å². The summed E-state index contributed by atoms with van der Waals surface area (Å²) >= 11 is 6.41. The fourth-order valence-corrected chi connectivity index (χ4v) is 4.56. The van der Waals surface area contributed by atoms with E-state index in [1.807, 2.05) is 37.3 Å². The summed E-state index contributed by atoms with van der Waals surface area (Å²) in [4.78, 5) is 11.2. The lowest BCUT2D eigenvalue weighted by Gasteiger charge is -2.22. The van der Waals surface area contributed by atoms with E-state index in [1.165, 1.54) is 0 Å². The predicted molar refractivity (Wildman–Crippen MR) is 134 cm³/mol. The van der Waals surface area contributed by atoms with Gasteiger partial charge in [0.05, 0.1) is 25.3 Å². The van der Waals surface area contributed by atoms with Gasteiger partial charge in [-0.2, -0.15) is 18.3 Å². The van der Waals surface area contributed by atoms with Gasteiger partial charge in [-0.1, -0.05) is 41.9 Å². The standard InChI is InChI=1S/C27H24ClF3N2O3/c1-16-11-18(5-9-22(16)23-15-21(36-2)8-10-24(23)28)12-17-3-6-19(7-4-17)33-20(14-26(34)35)13-25(32-33)27(29,30)31/h3-11,15,20H,12-14H2,1-2H3,(H,34,35). The number of aryl methyl sites for hydroxylation is 1. The van der Waals surface area contributed by atoms with Gasteiger partial charge < -0.3 is 9.84 Å². The minimum Gasteiger partial charge on any atom is -0.497 e. The van der Waals surface area contributed by atoms with E-state index in [9.17, 15) is 18.0 Å². The van der Waals surface area contributed by atoms with E-state index in [0.717, 1.165) is 32.8 Å². The quantitative estimate of drug-likeness (QED) is 0.371. The number of alkyl halides is 3. The van der Waals surface area contributed by atoms with Gasteiger partial charge in [0, 0.05) is 17.0 Å². The second-order valence-corrected chi connectivity index (χ2v) is 9.09. The number of carboxylic acid groups (broad SMARTS) is 1. The van der Waals surface area contributed by atoms with Crippen LogP contribution in [0.4, 0.5) is 18.9 Å². The molecule has 3 aromatic carbocycles. The van der Waals surface area contributed by atoms with Crippen molar-refractivity contribution in [3.8, 4) is 16.9 Å². The van der Waals surface area contributed by atoms with Crippen LogP contribution >= 0.6 is 11.6 Å². The first kappa shape index (κ1) is 25.6. The summed E-state index contributed by atoms with van der Waals surface area (Å²) in [6.45, 7) is 2.00. The molecule has 1 unspecified atom stereocenters. The number of carbonyl (C=O) groups is 1. The number of hydrogen-bond acceptors (Lipinski definition) is 4. The first-order valence-corrected chi connectivity index (χ1v) is 11.6. The third-order valence-corrected chi connectivity index (χ3v) is 6.43. The predicted octanol–water partition coefficient (Wildman–Crippen LogP) is 6.89.